The van der Waals surface area contributed by atoms with E-state index in [0.717, 1.165) is 39.1 Å². The molecule has 0 amide bonds. The topological polar surface area (TPSA) is 32.7 Å². The third-order valence-corrected chi connectivity index (χ3v) is 4.15. The van der Waals surface area contributed by atoms with E-state index in [1.165, 1.54) is 4.88 Å². The van der Waals surface area contributed by atoms with Crippen LogP contribution in [0.15, 0.2) is 30.2 Å². The van der Waals surface area contributed by atoms with Gasteiger partial charge in [-0.1, -0.05) is 12.1 Å². The predicted octanol–water partition coefficient (Wildman–Crippen LogP) is 2.45. The maximum atomic E-state index is 9.92. The third kappa shape index (κ3) is 3.92. The molecule has 1 aromatic rings. The Labute approximate surface area is 113 Å². The van der Waals surface area contributed by atoms with Gasteiger partial charge < -0.3 is 9.84 Å². The van der Waals surface area contributed by atoms with Gasteiger partial charge >= 0.3 is 0 Å². The van der Waals surface area contributed by atoms with Crippen LogP contribution in [0.1, 0.15) is 23.8 Å². The highest BCUT2D eigenvalue weighted by atomic mass is 32.1. The average Bonchev–Trinajstić information content (AvgIpc) is 2.90. The van der Waals surface area contributed by atoms with Crippen LogP contribution in [0.3, 0.4) is 0 Å². The summed E-state index contributed by atoms with van der Waals surface area (Å²) in [5, 5.41) is 12.0. The summed E-state index contributed by atoms with van der Waals surface area (Å²) in [6, 6.07) is 4.17. The van der Waals surface area contributed by atoms with E-state index in [0.29, 0.717) is 0 Å². The monoisotopic (exact) mass is 267 g/mol. The Balaban J connectivity index is 1.81. The van der Waals surface area contributed by atoms with Gasteiger partial charge in [0.05, 0.1) is 12.7 Å². The minimum absolute atomic E-state index is 0.172. The summed E-state index contributed by atoms with van der Waals surface area (Å²) in [4.78, 5) is 3.57. The Hall–Kier alpha value is -0.680. The van der Waals surface area contributed by atoms with Gasteiger partial charge in [-0.05, 0) is 24.3 Å². The molecule has 0 saturated carbocycles. The number of ether oxygens (including phenoxy) is 1. The molecule has 1 aliphatic rings. The van der Waals surface area contributed by atoms with E-state index in [-0.39, 0.29) is 12.2 Å². The minimum Gasteiger partial charge on any atom is -0.392 e. The molecule has 2 atom stereocenters. The highest BCUT2D eigenvalue weighted by molar-refractivity contribution is 7.10. The van der Waals surface area contributed by atoms with E-state index in [1.54, 1.807) is 11.3 Å². The zero-order valence-corrected chi connectivity index (χ0v) is 11.4. The number of thiophene rings is 1. The summed E-state index contributed by atoms with van der Waals surface area (Å²) in [5.74, 6) is 0. The van der Waals surface area contributed by atoms with Crippen LogP contribution in [0.2, 0.25) is 0 Å². The first kappa shape index (κ1) is 13.7. The second-order valence-corrected chi connectivity index (χ2v) is 5.63. The lowest BCUT2D eigenvalue weighted by Gasteiger charge is -2.33. The van der Waals surface area contributed by atoms with Gasteiger partial charge in [-0.3, -0.25) is 4.90 Å². The SMILES string of the molecule is C=CCCC(O)CN1CCOC(c2cccs2)C1. The van der Waals surface area contributed by atoms with Gasteiger partial charge in [0, 0.05) is 24.5 Å². The second-order valence-electron chi connectivity index (χ2n) is 4.65. The van der Waals surface area contributed by atoms with E-state index in [4.69, 9.17) is 4.74 Å². The molecule has 4 heteroatoms. The molecule has 18 heavy (non-hydrogen) atoms. The first-order valence-corrected chi connectivity index (χ1v) is 7.34. The second kappa shape index (κ2) is 7.04. The van der Waals surface area contributed by atoms with Gasteiger partial charge in [0.2, 0.25) is 0 Å². The molecule has 2 heterocycles. The molecule has 1 saturated heterocycles. The molecule has 0 aliphatic carbocycles. The summed E-state index contributed by atoms with van der Waals surface area (Å²) in [7, 11) is 0. The molecule has 0 radical (unpaired) electrons. The quantitative estimate of drug-likeness (QED) is 0.804. The highest BCUT2D eigenvalue weighted by Gasteiger charge is 2.23. The average molecular weight is 267 g/mol. The first-order valence-electron chi connectivity index (χ1n) is 6.46. The van der Waals surface area contributed by atoms with Crippen LogP contribution in [-0.4, -0.2) is 42.4 Å². The molecule has 2 rings (SSSR count). The number of nitrogens with zero attached hydrogens (tertiary/aromatic N) is 1. The number of morpholine rings is 1. The smallest absolute Gasteiger partial charge is 0.104 e. The van der Waals surface area contributed by atoms with Crippen molar-refractivity contribution in [1.82, 2.24) is 4.90 Å². The van der Waals surface area contributed by atoms with Crippen molar-refractivity contribution in [2.75, 3.05) is 26.2 Å². The van der Waals surface area contributed by atoms with Gasteiger partial charge in [0.25, 0.3) is 0 Å². The fourth-order valence-corrected chi connectivity index (χ4v) is 2.98. The van der Waals surface area contributed by atoms with Crippen molar-refractivity contribution in [3.63, 3.8) is 0 Å². The molecule has 0 aromatic carbocycles. The van der Waals surface area contributed by atoms with E-state index in [1.807, 2.05) is 6.08 Å². The van der Waals surface area contributed by atoms with Crippen molar-refractivity contribution in [1.29, 1.82) is 0 Å². The van der Waals surface area contributed by atoms with Crippen LogP contribution in [-0.2, 0) is 4.74 Å². The zero-order valence-electron chi connectivity index (χ0n) is 10.6. The van der Waals surface area contributed by atoms with Crippen molar-refractivity contribution in [3.8, 4) is 0 Å². The van der Waals surface area contributed by atoms with Crippen LogP contribution in [0, 0.1) is 0 Å². The number of hydrogen-bond donors (Lipinski definition) is 1. The van der Waals surface area contributed by atoms with Crippen LogP contribution in [0.25, 0.3) is 0 Å². The zero-order chi connectivity index (χ0) is 12.8. The van der Waals surface area contributed by atoms with Crippen LogP contribution >= 0.6 is 11.3 Å². The minimum atomic E-state index is -0.259. The molecule has 2 unspecified atom stereocenters. The lowest BCUT2D eigenvalue weighted by Crippen LogP contribution is -2.42. The van der Waals surface area contributed by atoms with Crippen molar-refractivity contribution in [3.05, 3.63) is 35.0 Å². The Morgan fingerprint density at radius 3 is 3.28 bits per heavy atom. The fraction of sp³-hybridized carbons (Fsp3) is 0.571. The van der Waals surface area contributed by atoms with Crippen molar-refractivity contribution >= 4 is 11.3 Å². The number of aliphatic hydroxyl groups is 1. The van der Waals surface area contributed by atoms with Gasteiger partial charge in [-0.15, -0.1) is 17.9 Å². The summed E-state index contributed by atoms with van der Waals surface area (Å²) in [6.07, 6.45) is 3.44. The van der Waals surface area contributed by atoms with E-state index >= 15 is 0 Å². The standard InChI is InChI=1S/C14H21NO2S/c1-2-3-5-12(16)10-15-7-8-17-13(11-15)14-6-4-9-18-14/h2,4,6,9,12-13,16H,1,3,5,7-8,10-11H2. The fourth-order valence-electron chi connectivity index (χ4n) is 2.21. The van der Waals surface area contributed by atoms with Crippen LogP contribution in [0.5, 0.6) is 0 Å². The molecule has 100 valence electrons. The van der Waals surface area contributed by atoms with Gasteiger partial charge in [-0.2, -0.15) is 0 Å². The summed E-state index contributed by atoms with van der Waals surface area (Å²) < 4.78 is 5.79. The number of β-amino-alcohol motifs (C(OH)–C–C–N with tert-alkyl or cyclic N) is 1. The summed E-state index contributed by atoms with van der Waals surface area (Å²) in [6.45, 7) is 6.95. The Morgan fingerprint density at radius 1 is 1.67 bits per heavy atom. The van der Waals surface area contributed by atoms with Crippen LogP contribution < -0.4 is 0 Å². The maximum Gasteiger partial charge on any atom is 0.104 e. The third-order valence-electron chi connectivity index (χ3n) is 3.18. The maximum absolute atomic E-state index is 9.92. The number of rotatable bonds is 6. The molecule has 1 fully saturated rings. The van der Waals surface area contributed by atoms with Crippen molar-refractivity contribution < 1.29 is 9.84 Å². The molecule has 1 aromatic heterocycles. The molecular formula is C14H21NO2S. The lowest BCUT2D eigenvalue weighted by atomic mass is 10.1. The summed E-state index contributed by atoms with van der Waals surface area (Å²) >= 11 is 1.74. The number of hydrogen-bond acceptors (Lipinski definition) is 4. The molecule has 1 N–H and O–H groups in total. The van der Waals surface area contributed by atoms with Gasteiger partial charge in [-0.25, -0.2) is 0 Å². The Bertz CT molecular complexity index is 353. The highest BCUT2D eigenvalue weighted by Crippen LogP contribution is 2.26. The lowest BCUT2D eigenvalue weighted by molar-refractivity contribution is -0.0410. The van der Waals surface area contributed by atoms with Gasteiger partial charge in [0.1, 0.15) is 6.10 Å². The molecule has 3 nitrogen and oxygen atoms in total. The van der Waals surface area contributed by atoms with E-state index < -0.39 is 0 Å². The Morgan fingerprint density at radius 2 is 2.56 bits per heavy atom. The largest absolute Gasteiger partial charge is 0.392 e. The first-order chi connectivity index (χ1) is 8.79. The number of allylic oxidation sites excluding steroid dienone is 1. The van der Waals surface area contributed by atoms with E-state index in [2.05, 4.69) is 29.0 Å². The van der Waals surface area contributed by atoms with Crippen molar-refractivity contribution in [2.24, 2.45) is 0 Å². The molecule has 0 spiro atoms. The molecular weight excluding hydrogens is 246 g/mol. The van der Waals surface area contributed by atoms with Gasteiger partial charge in [0.15, 0.2) is 0 Å². The predicted molar refractivity (Wildman–Crippen MR) is 74.9 cm³/mol. The van der Waals surface area contributed by atoms with Crippen molar-refractivity contribution in [2.45, 2.75) is 25.0 Å². The van der Waals surface area contributed by atoms with E-state index in [9.17, 15) is 5.11 Å². The summed E-state index contributed by atoms with van der Waals surface area (Å²) in [5.41, 5.74) is 0. The Kier molecular flexibility index (Phi) is 5.38. The number of aliphatic hydroxyl groups excluding tert-OH is 1. The van der Waals surface area contributed by atoms with Crippen LogP contribution in [0.4, 0.5) is 0 Å². The normalized spacial score (nSPS) is 22.8. The molecule has 0 bridgehead atoms. The molecule has 1 aliphatic heterocycles.